The van der Waals surface area contributed by atoms with E-state index < -0.39 is 15.9 Å². The van der Waals surface area contributed by atoms with Crippen LogP contribution in [0.5, 0.6) is 5.75 Å². The lowest BCUT2D eigenvalue weighted by Crippen LogP contribution is -2.40. The Morgan fingerprint density at radius 2 is 1.59 bits per heavy atom. The first-order valence-electron chi connectivity index (χ1n) is 10.6. The number of carbonyl (C=O) groups is 1. The van der Waals surface area contributed by atoms with Gasteiger partial charge in [0.2, 0.25) is 10.0 Å². The van der Waals surface area contributed by atoms with Gasteiger partial charge in [-0.05, 0) is 54.6 Å². The molecule has 1 aliphatic rings. The summed E-state index contributed by atoms with van der Waals surface area (Å²) in [7, 11) is -2.33. The third-order valence-corrected chi connectivity index (χ3v) is 7.08. The Morgan fingerprint density at radius 3 is 2.24 bits per heavy atom. The largest absolute Gasteiger partial charge is 0.496 e. The van der Waals surface area contributed by atoms with Crippen LogP contribution < -0.4 is 10.1 Å². The van der Waals surface area contributed by atoms with Gasteiger partial charge in [0, 0.05) is 18.8 Å². The number of nitrogens with zero attached hydrogens (tertiary/aromatic N) is 3. The van der Waals surface area contributed by atoms with Crippen LogP contribution in [0.2, 0.25) is 0 Å². The molecule has 34 heavy (non-hydrogen) atoms. The number of hydrogen-bond donors (Lipinski definition) is 1. The molecule has 3 aromatic carbocycles. The number of azo groups is 1. The highest BCUT2D eigenvalue weighted by Gasteiger charge is 2.28. The van der Waals surface area contributed by atoms with E-state index in [4.69, 9.17) is 9.47 Å². The summed E-state index contributed by atoms with van der Waals surface area (Å²) in [5.41, 5.74) is 1.99. The van der Waals surface area contributed by atoms with Gasteiger partial charge in [-0.25, -0.2) is 8.42 Å². The number of methoxy groups -OCH3 is 1. The molecule has 0 aliphatic carbocycles. The highest BCUT2D eigenvalue weighted by molar-refractivity contribution is 7.89. The van der Waals surface area contributed by atoms with Crippen LogP contribution in [0.1, 0.15) is 10.4 Å². The quantitative estimate of drug-likeness (QED) is 0.505. The number of nitrogens with one attached hydrogen (secondary N) is 1. The van der Waals surface area contributed by atoms with Gasteiger partial charge in [-0.15, -0.1) is 0 Å². The van der Waals surface area contributed by atoms with Gasteiger partial charge in [0.15, 0.2) is 0 Å². The fraction of sp³-hybridized carbons (Fsp3) is 0.208. The number of ether oxygens (including phenoxy) is 2. The predicted octanol–water partition coefficient (Wildman–Crippen LogP) is 4.38. The van der Waals surface area contributed by atoms with Crippen molar-refractivity contribution < 1.29 is 22.7 Å². The Balaban J connectivity index is 1.51. The van der Waals surface area contributed by atoms with E-state index in [0.717, 1.165) is 5.69 Å². The maximum absolute atomic E-state index is 13.0. The third-order valence-electron chi connectivity index (χ3n) is 5.19. The molecule has 0 atom stereocenters. The Morgan fingerprint density at radius 1 is 0.941 bits per heavy atom. The summed E-state index contributed by atoms with van der Waals surface area (Å²) in [6.07, 6.45) is 0. The van der Waals surface area contributed by atoms with Crippen molar-refractivity contribution in [1.82, 2.24) is 4.31 Å². The maximum atomic E-state index is 13.0. The van der Waals surface area contributed by atoms with Crippen LogP contribution in [-0.2, 0) is 14.8 Å². The average Bonchev–Trinajstić information content (AvgIpc) is 2.89. The minimum Gasteiger partial charge on any atom is -0.496 e. The SMILES string of the molecule is COc1ccc(S(=O)(=O)N2CCOCC2)cc1C(=O)Nc1ccc(N=Nc2ccccc2)cc1. The molecule has 9 nitrogen and oxygen atoms in total. The number of hydrogen-bond acceptors (Lipinski definition) is 7. The normalized spacial score (nSPS) is 14.7. The van der Waals surface area contributed by atoms with Crippen molar-refractivity contribution in [1.29, 1.82) is 0 Å². The van der Waals surface area contributed by atoms with Gasteiger partial charge in [-0.3, -0.25) is 4.79 Å². The molecule has 3 aromatic rings. The molecule has 0 saturated carbocycles. The van der Waals surface area contributed by atoms with Crippen LogP contribution in [-0.4, -0.2) is 52.0 Å². The number of sulfonamides is 1. The molecule has 1 saturated heterocycles. The van der Waals surface area contributed by atoms with Crippen LogP contribution >= 0.6 is 0 Å². The Hall–Kier alpha value is -3.60. The van der Waals surface area contributed by atoms with Crippen molar-refractivity contribution in [2.75, 3.05) is 38.7 Å². The summed E-state index contributed by atoms with van der Waals surface area (Å²) in [5, 5.41) is 11.1. The number of morpholine rings is 1. The third kappa shape index (κ3) is 5.48. The second-order valence-electron chi connectivity index (χ2n) is 7.42. The lowest BCUT2D eigenvalue weighted by molar-refractivity contribution is 0.0730. The number of benzene rings is 3. The van der Waals surface area contributed by atoms with E-state index in [1.54, 1.807) is 24.3 Å². The predicted molar refractivity (Wildman–Crippen MR) is 128 cm³/mol. The first kappa shape index (κ1) is 23.6. The summed E-state index contributed by atoms with van der Waals surface area (Å²) in [5.74, 6) is -0.221. The molecule has 1 fully saturated rings. The molecule has 1 amide bonds. The number of carbonyl (C=O) groups excluding carboxylic acids is 1. The van der Waals surface area contributed by atoms with E-state index in [0.29, 0.717) is 24.6 Å². The topological polar surface area (TPSA) is 110 Å². The van der Waals surface area contributed by atoms with Gasteiger partial charge in [-0.1, -0.05) is 18.2 Å². The van der Waals surface area contributed by atoms with E-state index in [2.05, 4.69) is 15.5 Å². The van der Waals surface area contributed by atoms with Crippen molar-refractivity contribution in [3.63, 3.8) is 0 Å². The molecule has 0 unspecified atom stereocenters. The molecule has 0 radical (unpaired) electrons. The van der Waals surface area contributed by atoms with Crippen LogP contribution in [0.25, 0.3) is 0 Å². The van der Waals surface area contributed by atoms with E-state index in [-0.39, 0.29) is 29.3 Å². The van der Waals surface area contributed by atoms with Gasteiger partial charge in [0.25, 0.3) is 5.91 Å². The summed E-state index contributed by atoms with van der Waals surface area (Å²) in [4.78, 5) is 13.0. The van der Waals surface area contributed by atoms with E-state index in [1.807, 2.05) is 30.3 Å². The average molecular weight is 481 g/mol. The number of amides is 1. The van der Waals surface area contributed by atoms with Crippen molar-refractivity contribution in [3.8, 4) is 5.75 Å². The Kier molecular flexibility index (Phi) is 7.31. The summed E-state index contributed by atoms with van der Waals surface area (Å²) in [6.45, 7) is 1.21. The minimum absolute atomic E-state index is 0.0250. The van der Waals surface area contributed by atoms with Gasteiger partial charge in [-0.2, -0.15) is 14.5 Å². The maximum Gasteiger partial charge on any atom is 0.259 e. The monoisotopic (exact) mass is 480 g/mol. The smallest absolute Gasteiger partial charge is 0.259 e. The molecule has 0 aromatic heterocycles. The van der Waals surface area contributed by atoms with Crippen LogP contribution in [0.15, 0.2) is 87.9 Å². The molecule has 176 valence electrons. The summed E-state index contributed by atoms with van der Waals surface area (Å²) >= 11 is 0. The minimum atomic E-state index is -3.76. The van der Waals surface area contributed by atoms with Crippen LogP contribution in [0, 0.1) is 0 Å². The van der Waals surface area contributed by atoms with E-state index >= 15 is 0 Å². The zero-order valence-corrected chi connectivity index (χ0v) is 19.4. The lowest BCUT2D eigenvalue weighted by Gasteiger charge is -2.26. The van der Waals surface area contributed by atoms with Crippen molar-refractivity contribution in [3.05, 3.63) is 78.4 Å². The fourth-order valence-electron chi connectivity index (χ4n) is 3.38. The molecule has 1 N–H and O–H groups in total. The van der Waals surface area contributed by atoms with Gasteiger partial charge in [0.1, 0.15) is 5.75 Å². The van der Waals surface area contributed by atoms with E-state index in [1.165, 1.54) is 29.6 Å². The van der Waals surface area contributed by atoms with Gasteiger partial charge in [0.05, 0.1) is 42.2 Å². The highest BCUT2D eigenvalue weighted by Crippen LogP contribution is 2.27. The van der Waals surface area contributed by atoms with Crippen molar-refractivity contribution >= 4 is 33.0 Å². The number of rotatable bonds is 7. The molecular weight excluding hydrogens is 456 g/mol. The Labute approximate surface area is 198 Å². The van der Waals surface area contributed by atoms with Crippen molar-refractivity contribution in [2.45, 2.75) is 4.90 Å². The van der Waals surface area contributed by atoms with Gasteiger partial charge >= 0.3 is 0 Å². The van der Waals surface area contributed by atoms with Crippen LogP contribution in [0.3, 0.4) is 0 Å². The lowest BCUT2D eigenvalue weighted by atomic mass is 10.1. The summed E-state index contributed by atoms with van der Waals surface area (Å²) in [6, 6.07) is 20.4. The molecule has 0 bridgehead atoms. The Bertz CT molecular complexity index is 1270. The molecular formula is C24H24N4O5S. The molecule has 1 heterocycles. The first-order chi connectivity index (χ1) is 16.5. The molecule has 10 heteroatoms. The van der Waals surface area contributed by atoms with Crippen LogP contribution in [0.4, 0.5) is 17.1 Å². The standard InChI is InChI=1S/C24H24N4O5S/c1-32-23-12-11-21(34(30,31)28-13-15-33-16-14-28)17-22(23)24(29)25-18-7-9-20(10-8-18)27-26-19-5-3-2-4-6-19/h2-12,17H,13-16H2,1H3,(H,25,29). The first-order valence-corrected chi connectivity index (χ1v) is 12.1. The molecule has 1 aliphatic heterocycles. The fourth-order valence-corrected chi connectivity index (χ4v) is 4.82. The second kappa shape index (κ2) is 10.6. The van der Waals surface area contributed by atoms with Gasteiger partial charge < -0.3 is 14.8 Å². The van der Waals surface area contributed by atoms with E-state index in [9.17, 15) is 13.2 Å². The summed E-state index contributed by atoms with van der Waals surface area (Å²) < 4.78 is 37.9. The molecule has 4 rings (SSSR count). The molecule has 0 spiro atoms. The number of anilines is 1. The van der Waals surface area contributed by atoms with Crippen molar-refractivity contribution in [2.24, 2.45) is 10.2 Å². The zero-order valence-electron chi connectivity index (χ0n) is 18.5. The second-order valence-corrected chi connectivity index (χ2v) is 9.35. The highest BCUT2D eigenvalue weighted by atomic mass is 32.2. The zero-order chi connectivity index (χ0) is 24.0.